The van der Waals surface area contributed by atoms with E-state index in [4.69, 9.17) is 11.6 Å². The van der Waals surface area contributed by atoms with Gasteiger partial charge in [-0.15, -0.1) is 0 Å². The van der Waals surface area contributed by atoms with Crippen molar-refractivity contribution >= 4 is 43.5 Å². The van der Waals surface area contributed by atoms with Crippen LogP contribution in [0, 0.1) is 0 Å². The Labute approximate surface area is 142 Å². The second-order valence-electron chi connectivity index (χ2n) is 4.82. The maximum atomic E-state index is 6.41. The monoisotopic (exact) mass is 414 g/mol. The number of alkyl halides is 1. The highest BCUT2D eigenvalue weighted by Gasteiger charge is 2.07. The highest BCUT2D eigenvalue weighted by atomic mass is 79.9. The number of hydrogen-bond donors (Lipinski definition) is 0. The van der Waals surface area contributed by atoms with Crippen molar-refractivity contribution in [2.24, 2.45) is 0 Å². The lowest BCUT2D eigenvalue weighted by molar-refractivity contribution is 1.11. The van der Waals surface area contributed by atoms with Gasteiger partial charge in [-0.05, 0) is 53.6 Å². The van der Waals surface area contributed by atoms with Crippen LogP contribution in [0.4, 0.5) is 0 Å². The topological polar surface area (TPSA) is 0 Å². The molecule has 0 bridgehead atoms. The van der Waals surface area contributed by atoms with E-state index in [0.29, 0.717) is 0 Å². The Bertz CT molecular complexity index is 576. The second kappa shape index (κ2) is 7.63. The van der Waals surface area contributed by atoms with Gasteiger partial charge in [-0.25, -0.2) is 0 Å². The van der Waals surface area contributed by atoms with Crippen molar-refractivity contribution in [1.82, 2.24) is 0 Å². The predicted molar refractivity (Wildman–Crippen MR) is 95.3 cm³/mol. The molecule has 0 saturated carbocycles. The predicted octanol–water partition coefficient (Wildman–Crippen LogP) is 6.19. The van der Waals surface area contributed by atoms with Crippen molar-refractivity contribution in [2.75, 3.05) is 5.33 Å². The van der Waals surface area contributed by atoms with Crippen molar-refractivity contribution in [1.29, 1.82) is 0 Å². The van der Waals surface area contributed by atoms with Gasteiger partial charge in [0.25, 0.3) is 0 Å². The average molecular weight is 417 g/mol. The standard InChI is InChI=1S/C17H17Br2Cl/c1-2-12-3-5-13(6-4-12)9-15-10-16(19)14(7-8-18)11-17(15)20/h3-6,10-11H,2,7-9H2,1H3. The maximum Gasteiger partial charge on any atom is 0.0444 e. The van der Waals surface area contributed by atoms with Crippen LogP contribution in [-0.4, -0.2) is 5.33 Å². The molecule has 0 aliphatic carbocycles. The van der Waals surface area contributed by atoms with Gasteiger partial charge >= 0.3 is 0 Å². The van der Waals surface area contributed by atoms with Crippen LogP contribution in [0.5, 0.6) is 0 Å². The Morgan fingerprint density at radius 3 is 2.25 bits per heavy atom. The fraction of sp³-hybridized carbons (Fsp3) is 0.294. The SMILES string of the molecule is CCc1ccc(Cc2cc(Br)c(CCBr)cc2Cl)cc1. The smallest absolute Gasteiger partial charge is 0.0444 e. The molecular formula is C17H17Br2Cl. The molecule has 0 aromatic heterocycles. The second-order valence-corrected chi connectivity index (χ2v) is 6.88. The third-order valence-corrected chi connectivity index (χ3v) is 4.89. The average Bonchev–Trinajstić information content (AvgIpc) is 2.45. The molecular weight excluding hydrogens is 399 g/mol. The Kier molecular flexibility index (Phi) is 6.13. The van der Waals surface area contributed by atoms with Crippen molar-refractivity contribution in [3.63, 3.8) is 0 Å². The minimum absolute atomic E-state index is 0.851. The zero-order valence-corrected chi connectivity index (χ0v) is 15.4. The molecule has 2 rings (SSSR count). The highest BCUT2D eigenvalue weighted by Crippen LogP contribution is 2.28. The number of aryl methyl sites for hydroxylation is 2. The molecule has 0 heterocycles. The van der Waals surface area contributed by atoms with Crippen LogP contribution in [0.3, 0.4) is 0 Å². The van der Waals surface area contributed by atoms with E-state index in [-0.39, 0.29) is 0 Å². The Morgan fingerprint density at radius 1 is 1.00 bits per heavy atom. The molecule has 0 unspecified atom stereocenters. The number of hydrogen-bond acceptors (Lipinski definition) is 0. The van der Waals surface area contributed by atoms with E-state index in [1.807, 2.05) is 0 Å². The van der Waals surface area contributed by atoms with Gasteiger partial charge in [0.05, 0.1) is 0 Å². The summed E-state index contributed by atoms with van der Waals surface area (Å²) in [5.41, 5.74) is 5.08. The lowest BCUT2D eigenvalue weighted by atomic mass is 10.0. The summed E-state index contributed by atoms with van der Waals surface area (Å²) in [6, 6.07) is 13.0. The van der Waals surface area contributed by atoms with E-state index in [1.165, 1.54) is 22.3 Å². The summed E-state index contributed by atoms with van der Waals surface area (Å²) < 4.78 is 1.14. The third kappa shape index (κ3) is 4.09. The van der Waals surface area contributed by atoms with Gasteiger partial charge in [0.1, 0.15) is 0 Å². The van der Waals surface area contributed by atoms with Crippen molar-refractivity contribution in [2.45, 2.75) is 26.2 Å². The van der Waals surface area contributed by atoms with Crippen LogP contribution in [0.25, 0.3) is 0 Å². The summed E-state index contributed by atoms with van der Waals surface area (Å²) in [6.07, 6.45) is 2.93. The molecule has 0 aliphatic rings. The van der Waals surface area contributed by atoms with Crippen molar-refractivity contribution in [3.8, 4) is 0 Å². The molecule has 0 saturated heterocycles. The summed E-state index contributed by atoms with van der Waals surface area (Å²) in [6.45, 7) is 2.17. The minimum Gasteiger partial charge on any atom is -0.0924 e. The third-order valence-electron chi connectivity index (χ3n) is 3.41. The van der Waals surface area contributed by atoms with E-state index in [9.17, 15) is 0 Å². The van der Waals surface area contributed by atoms with E-state index >= 15 is 0 Å². The lowest BCUT2D eigenvalue weighted by Gasteiger charge is -2.10. The normalized spacial score (nSPS) is 10.8. The minimum atomic E-state index is 0.851. The van der Waals surface area contributed by atoms with Crippen molar-refractivity contribution in [3.05, 3.63) is 68.1 Å². The first-order valence-corrected chi connectivity index (χ1v) is 9.04. The molecule has 20 heavy (non-hydrogen) atoms. The van der Waals surface area contributed by atoms with Crippen LogP contribution in [0.1, 0.15) is 29.2 Å². The Balaban J connectivity index is 2.22. The fourth-order valence-electron chi connectivity index (χ4n) is 2.17. The summed E-state index contributed by atoms with van der Waals surface area (Å²) in [7, 11) is 0. The van der Waals surface area contributed by atoms with E-state index < -0.39 is 0 Å². The largest absolute Gasteiger partial charge is 0.0924 e. The van der Waals surface area contributed by atoms with Gasteiger partial charge in [0, 0.05) is 14.8 Å². The van der Waals surface area contributed by atoms with E-state index in [1.54, 1.807) is 0 Å². The molecule has 0 amide bonds. The van der Waals surface area contributed by atoms with Gasteiger partial charge in [0.15, 0.2) is 0 Å². The molecule has 2 aromatic rings. The van der Waals surface area contributed by atoms with Crippen LogP contribution in [0.2, 0.25) is 5.02 Å². The summed E-state index contributed by atoms with van der Waals surface area (Å²) in [5, 5.41) is 1.79. The summed E-state index contributed by atoms with van der Waals surface area (Å²) >= 11 is 13.5. The molecule has 0 N–H and O–H groups in total. The van der Waals surface area contributed by atoms with Gasteiger partial charge in [0.2, 0.25) is 0 Å². The molecule has 0 fully saturated rings. The van der Waals surface area contributed by atoms with Crippen LogP contribution in [0.15, 0.2) is 40.9 Å². The van der Waals surface area contributed by atoms with Crippen molar-refractivity contribution < 1.29 is 0 Å². The number of halogens is 3. The maximum absolute atomic E-state index is 6.41. The zero-order chi connectivity index (χ0) is 14.5. The summed E-state index contributed by atoms with van der Waals surface area (Å²) in [5.74, 6) is 0. The van der Waals surface area contributed by atoms with Gasteiger partial charge in [-0.2, -0.15) is 0 Å². The molecule has 106 valence electrons. The van der Waals surface area contributed by atoms with Gasteiger partial charge in [-0.1, -0.05) is 74.7 Å². The first-order valence-electron chi connectivity index (χ1n) is 6.74. The molecule has 0 nitrogen and oxygen atoms in total. The van der Waals surface area contributed by atoms with Crippen LogP contribution < -0.4 is 0 Å². The highest BCUT2D eigenvalue weighted by molar-refractivity contribution is 9.10. The fourth-order valence-corrected chi connectivity index (χ4v) is 3.44. The molecule has 0 radical (unpaired) electrons. The van der Waals surface area contributed by atoms with E-state index in [0.717, 1.165) is 34.1 Å². The number of benzene rings is 2. The van der Waals surface area contributed by atoms with Gasteiger partial charge in [-0.3, -0.25) is 0 Å². The van der Waals surface area contributed by atoms with Crippen LogP contribution in [-0.2, 0) is 19.3 Å². The number of rotatable bonds is 5. The molecule has 0 spiro atoms. The first-order chi connectivity index (χ1) is 9.63. The molecule has 3 heteroatoms. The lowest BCUT2D eigenvalue weighted by Crippen LogP contribution is -1.94. The summed E-state index contributed by atoms with van der Waals surface area (Å²) in [4.78, 5) is 0. The molecule has 0 atom stereocenters. The molecule has 2 aromatic carbocycles. The zero-order valence-electron chi connectivity index (χ0n) is 11.4. The Hall–Kier alpha value is -0.310. The Morgan fingerprint density at radius 2 is 1.65 bits per heavy atom. The first kappa shape index (κ1) is 16.1. The molecule has 0 aliphatic heterocycles. The van der Waals surface area contributed by atoms with Crippen LogP contribution >= 0.6 is 43.5 Å². The van der Waals surface area contributed by atoms with E-state index in [2.05, 4.69) is 75.2 Å². The van der Waals surface area contributed by atoms with Gasteiger partial charge < -0.3 is 0 Å². The quantitative estimate of drug-likeness (QED) is 0.510.